The number of anilines is 1. The predicted octanol–water partition coefficient (Wildman–Crippen LogP) is 4.87. The van der Waals surface area contributed by atoms with Gasteiger partial charge in [-0.1, -0.05) is 76.2 Å². The number of hydrogen-bond acceptors (Lipinski definition) is 6. The summed E-state index contributed by atoms with van der Waals surface area (Å²) in [5.41, 5.74) is 5.44. The van der Waals surface area contributed by atoms with Crippen molar-refractivity contribution >= 4 is 12.2 Å². The van der Waals surface area contributed by atoms with E-state index in [4.69, 9.17) is 0 Å². The van der Waals surface area contributed by atoms with Crippen LogP contribution < -0.4 is 11.0 Å². The van der Waals surface area contributed by atoms with Gasteiger partial charge in [-0.25, -0.2) is 10.4 Å². The van der Waals surface area contributed by atoms with Crippen LogP contribution >= 0.6 is 0 Å². The van der Waals surface area contributed by atoms with Crippen LogP contribution in [0.3, 0.4) is 0 Å². The molecule has 0 atom stereocenters. The number of benzene rings is 2. The van der Waals surface area contributed by atoms with Gasteiger partial charge in [0, 0.05) is 25.2 Å². The van der Waals surface area contributed by atoms with Crippen molar-refractivity contribution in [3.8, 4) is 17.3 Å². The summed E-state index contributed by atoms with van der Waals surface area (Å²) in [5.74, 6) is 1.39. The molecule has 0 bridgehead atoms. The Labute approximate surface area is 201 Å². The summed E-state index contributed by atoms with van der Waals surface area (Å²) in [6.45, 7) is 12.0. The molecule has 34 heavy (non-hydrogen) atoms. The molecule has 0 unspecified atom stereocenters. The van der Waals surface area contributed by atoms with Gasteiger partial charge in [-0.3, -0.25) is 14.7 Å². The van der Waals surface area contributed by atoms with Gasteiger partial charge in [-0.2, -0.15) is 10.4 Å². The lowest BCUT2D eigenvalue weighted by Gasteiger charge is -2.26. The van der Waals surface area contributed by atoms with Crippen molar-refractivity contribution < 1.29 is 0 Å². The quantitative estimate of drug-likeness (QED) is 0.335. The van der Waals surface area contributed by atoms with E-state index < -0.39 is 5.56 Å². The average Bonchev–Trinajstić information content (AvgIpc) is 2.79. The molecule has 3 aromatic rings. The van der Waals surface area contributed by atoms with E-state index >= 15 is 0 Å². The SMILES string of the molecule is CC(C)CN(Cc1cccc(C=NNc2nc(-c3ccccc3)c(C#N)c(=O)[nH]2)c1)CC(C)C. The van der Waals surface area contributed by atoms with Gasteiger partial charge < -0.3 is 0 Å². The molecule has 0 aliphatic heterocycles. The molecule has 0 saturated heterocycles. The number of nitrogens with one attached hydrogen (secondary N) is 2. The molecule has 176 valence electrons. The molecule has 0 amide bonds. The Hall–Kier alpha value is -3.76. The van der Waals surface area contributed by atoms with Crippen molar-refractivity contribution in [3.63, 3.8) is 0 Å². The highest BCUT2D eigenvalue weighted by Crippen LogP contribution is 2.19. The molecule has 7 heteroatoms. The van der Waals surface area contributed by atoms with E-state index in [0.29, 0.717) is 23.1 Å². The fourth-order valence-electron chi connectivity index (χ4n) is 3.87. The molecule has 0 fully saturated rings. The number of rotatable bonds is 10. The van der Waals surface area contributed by atoms with Gasteiger partial charge in [-0.05, 0) is 29.0 Å². The van der Waals surface area contributed by atoms with Gasteiger partial charge in [0.15, 0.2) is 0 Å². The van der Waals surface area contributed by atoms with Crippen LogP contribution in [0, 0.1) is 23.2 Å². The minimum absolute atomic E-state index is 0.0271. The zero-order valence-corrected chi connectivity index (χ0v) is 20.2. The number of nitriles is 1. The summed E-state index contributed by atoms with van der Waals surface area (Å²) in [6, 6.07) is 19.3. The second-order valence-electron chi connectivity index (χ2n) is 9.21. The van der Waals surface area contributed by atoms with Gasteiger partial charge in [0.25, 0.3) is 5.56 Å². The lowest BCUT2D eigenvalue weighted by atomic mass is 10.1. The molecule has 3 rings (SSSR count). The maximum absolute atomic E-state index is 12.4. The Kier molecular flexibility index (Phi) is 8.72. The second-order valence-corrected chi connectivity index (χ2v) is 9.21. The molecular formula is C27H32N6O. The van der Waals surface area contributed by atoms with E-state index in [1.54, 1.807) is 6.21 Å². The highest BCUT2D eigenvalue weighted by atomic mass is 16.1. The number of aromatic nitrogens is 2. The standard InChI is InChI=1S/C27H32N6O/c1-19(2)16-33(17-20(3)4)18-22-10-8-9-21(13-22)15-29-32-27-30-25(23-11-6-5-7-12-23)24(14-28)26(34)31-27/h5-13,15,19-20H,16-18H2,1-4H3,(H2,30,31,32,34). The van der Waals surface area contributed by atoms with E-state index in [-0.39, 0.29) is 11.5 Å². The van der Waals surface area contributed by atoms with Crippen molar-refractivity contribution in [1.29, 1.82) is 5.26 Å². The average molecular weight is 457 g/mol. The third kappa shape index (κ3) is 7.12. The maximum atomic E-state index is 12.4. The van der Waals surface area contributed by atoms with E-state index in [1.165, 1.54) is 5.56 Å². The van der Waals surface area contributed by atoms with Crippen LogP contribution in [0.1, 0.15) is 44.4 Å². The number of hydrogen-bond donors (Lipinski definition) is 2. The minimum atomic E-state index is -0.508. The largest absolute Gasteiger partial charge is 0.299 e. The lowest BCUT2D eigenvalue weighted by molar-refractivity contribution is 0.211. The smallest absolute Gasteiger partial charge is 0.270 e. The van der Waals surface area contributed by atoms with E-state index in [1.807, 2.05) is 48.5 Å². The molecule has 1 heterocycles. The predicted molar refractivity (Wildman–Crippen MR) is 138 cm³/mol. The van der Waals surface area contributed by atoms with E-state index in [9.17, 15) is 10.1 Å². The molecule has 1 aromatic heterocycles. The fraction of sp³-hybridized carbons (Fsp3) is 0.333. The van der Waals surface area contributed by atoms with Gasteiger partial charge in [0.05, 0.1) is 11.9 Å². The van der Waals surface area contributed by atoms with Crippen LogP contribution in [-0.2, 0) is 6.54 Å². The lowest BCUT2D eigenvalue weighted by Crippen LogP contribution is -2.30. The van der Waals surface area contributed by atoms with Crippen LogP contribution in [0.2, 0.25) is 0 Å². The molecule has 0 saturated carbocycles. The summed E-state index contributed by atoms with van der Waals surface area (Å²) < 4.78 is 0. The maximum Gasteiger partial charge on any atom is 0.270 e. The summed E-state index contributed by atoms with van der Waals surface area (Å²) in [4.78, 5) is 21.9. The molecule has 0 radical (unpaired) electrons. The first-order valence-electron chi connectivity index (χ1n) is 11.6. The highest BCUT2D eigenvalue weighted by Gasteiger charge is 2.13. The summed E-state index contributed by atoms with van der Waals surface area (Å²) >= 11 is 0. The Bertz CT molecular complexity index is 1200. The Morgan fingerprint density at radius 1 is 1.09 bits per heavy atom. The Morgan fingerprint density at radius 3 is 2.44 bits per heavy atom. The molecule has 0 spiro atoms. The molecule has 2 N–H and O–H groups in total. The third-order valence-electron chi connectivity index (χ3n) is 5.07. The van der Waals surface area contributed by atoms with Crippen LogP contribution in [0.5, 0.6) is 0 Å². The van der Waals surface area contributed by atoms with Crippen LogP contribution in [0.15, 0.2) is 64.5 Å². The Morgan fingerprint density at radius 2 is 1.79 bits per heavy atom. The number of hydrazone groups is 1. The molecule has 0 aliphatic carbocycles. The van der Waals surface area contributed by atoms with Gasteiger partial charge in [0.1, 0.15) is 11.6 Å². The molecular weight excluding hydrogens is 424 g/mol. The van der Waals surface area contributed by atoms with E-state index in [2.05, 4.69) is 65.2 Å². The van der Waals surface area contributed by atoms with Crippen LogP contribution in [0.4, 0.5) is 5.95 Å². The van der Waals surface area contributed by atoms with Gasteiger partial charge in [-0.15, -0.1) is 0 Å². The van der Waals surface area contributed by atoms with Gasteiger partial charge >= 0.3 is 0 Å². The number of aromatic amines is 1. The van der Waals surface area contributed by atoms with Crippen molar-refractivity contribution in [2.45, 2.75) is 34.2 Å². The van der Waals surface area contributed by atoms with Crippen LogP contribution in [-0.4, -0.2) is 34.2 Å². The van der Waals surface area contributed by atoms with Crippen molar-refractivity contribution in [1.82, 2.24) is 14.9 Å². The first-order valence-corrected chi connectivity index (χ1v) is 11.6. The van der Waals surface area contributed by atoms with Crippen LogP contribution in [0.25, 0.3) is 11.3 Å². The normalized spacial score (nSPS) is 11.5. The minimum Gasteiger partial charge on any atom is -0.299 e. The Balaban J connectivity index is 1.75. The third-order valence-corrected chi connectivity index (χ3v) is 5.07. The monoisotopic (exact) mass is 456 g/mol. The summed E-state index contributed by atoms with van der Waals surface area (Å²) in [6.07, 6.45) is 1.69. The summed E-state index contributed by atoms with van der Waals surface area (Å²) in [7, 11) is 0. The first-order chi connectivity index (χ1) is 16.4. The second kappa shape index (κ2) is 11.9. The molecule has 7 nitrogen and oxygen atoms in total. The van der Waals surface area contributed by atoms with Crippen molar-refractivity contribution in [2.24, 2.45) is 16.9 Å². The van der Waals surface area contributed by atoms with Crippen molar-refractivity contribution in [2.75, 3.05) is 18.5 Å². The number of nitrogens with zero attached hydrogens (tertiary/aromatic N) is 4. The molecule has 2 aromatic carbocycles. The zero-order valence-electron chi connectivity index (χ0n) is 20.2. The topological polar surface area (TPSA) is 97.2 Å². The van der Waals surface area contributed by atoms with Crippen molar-refractivity contribution in [3.05, 3.63) is 81.6 Å². The van der Waals surface area contributed by atoms with E-state index in [0.717, 1.165) is 25.2 Å². The molecule has 0 aliphatic rings. The number of H-pyrrole nitrogens is 1. The van der Waals surface area contributed by atoms with Gasteiger partial charge in [0.2, 0.25) is 5.95 Å². The zero-order chi connectivity index (χ0) is 24.5. The highest BCUT2D eigenvalue weighted by molar-refractivity contribution is 5.80. The fourth-order valence-corrected chi connectivity index (χ4v) is 3.87. The summed E-state index contributed by atoms with van der Waals surface area (Å²) in [5, 5.41) is 13.7. The first kappa shape index (κ1) is 24.9.